The predicted molar refractivity (Wildman–Crippen MR) is 75.3 cm³/mol. The van der Waals surface area contributed by atoms with Crippen LogP contribution >= 0.6 is 0 Å². The standard InChI is InChI=1S/C14H17N3O3/c1-15-14(20)11-5-3-9-17(11)13-10(4-2-8-16-13)6-7-12(18)19/h2,4,6-8,11H,3,5,9H2,1H3,(H,15,20)(H,18,19)/b7-6+. The highest BCUT2D eigenvalue weighted by molar-refractivity contribution is 5.88. The number of pyridine rings is 1. The van der Waals surface area contributed by atoms with Crippen LogP contribution in [0.4, 0.5) is 5.82 Å². The number of carbonyl (C=O) groups excluding carboxylic acids is 1. The fourth-order valence-electron chi connectivity index (χ4n) is 2.40. The molecule has 0 bridgehead atoms. The van der Waals surface area contributed by atoms with Gasteiger partial charge in [0.1, 0.15) is 11.9 Å². The van der Waals surface area contributed by atoms with Crippen molar-refractivity contribution in [2.75, 3.05) is 18.5 Å². The van der Waals surface area contributed by atoms with Crippen molar-refractivity contribution in [3.63, 3.8) is 0 Å². The average molecular weight is 275 g/mol. The molecule has 1 aromatic rings. The summed E-state index contributed by atoms with van der Waals surface area (Å²) in [6.45, 7) is 0.739. The minimum absolute atomic E-state index is 0.0404. The average Bonchev–Trinajstić information content (AvgIpc) is 2.93. The maximum atomic E-state index is 11.9. The first kappa shape index (κ1) is 14.0. The molecule has 6 nitrogen and oxygen atoms in total. The summed E-state index contributed by atoms with van der Waals surface area (Å²) in [5, 5.41) is 11.4. The number of nitrogens with one attached hydrogen (secondary N) is 1. The molecule has 1 aliphatic heterocycles. The number of aromatic nitrogens is 1. The van der Waals surface area contributed by atoms with Gasteiger partial charge in [-0.3, -0.25) is 4.79 Å². The molecule has 1 amide bonds. The zero-order chi connectivity index (χ0) is 14.5. The molecule has 2 rings (SSSR count). The Hall–Kier alpha value is -2.37. The number of likely N-dealkylation sites (N-methyl/N-ethyl adjacent to an activating group) is 1. The van der Waals surface area contributed by atoms with Gasteiger partial charge in [-0.05, 0) is 31.1 Å². The number of hydrogen-bond donors (Lipinski definition) is 2. The van der Waals surface area contributed by atoms with Crippen LogP contribution in [0.1, 0.15) is 18.4 Å². The van der Waals surface area contributed by atoms with Gasteiger partial charge in [-0.2, -0.15) is 0 Å². The van der Waals surface area contributed by atoms with E-state index in [0.717, 1.165) is 25.5 Å². The van der Waals surface area contributed by atoms with Gasteiger partial charge in [0.15, 0.2) is 0 Å². The smallest absolute Gasteiger partial charge is 0.328 e. The molecule has 1 fully saturated rings. The second-order valence-corrected chi connectivity index (χ2v) is 4.55. The van der Waals surface area contributed by atoms with Crippen LogP contribution in [0.3, 0.4) is 0 Å². The Bertz CT molecular complexity index is 542. The Kier molecular flexibility index (Phi) is 4.34. The van der Waals surface area contributed by atoms with E-state index in [9.17, 15) is 9.59 Å². The second kappa shape index (κ2) is 6.18. The van der Waals surface area contributed by atoms with E-state index < -0.39 is 5.97 Å². The Morgan fingerprint density at radius 1 is 1.55 bits per heavy atom. The summed E-state index contributed by atoms with van der Waals surface area (Å²) in [7, 11) is 1.61. The summed E-state index contributed by atoms with van der Waals surface area (Å²) < 4.78 is 0. The lowest BCUT2D eigenvalue weighted by Crippen LogP contribution is -2.42. The highest BCUT2D eigenvalue weighted by atomic mass is 16.4. The van der Waals surface area contributed by atoms with Crippen LogP contribution in [0.25, 0.3) is 6.08 Å². The summed E-state index contributed by atoms with van der Waals surface area (Å²) in [5.74, 6) is -0.401. The minimum Gasteiger partial charge on any atom is -0.478 e. The number of hydrogen-bond acceptors (Lipinski definition) is 4. The number of carbonyl (C=O) groups is 2. The normalized spacial score (nSPS) is 18.4. The summed E-state index contributed by atoms with van der Waals surface area (Å²) >= 11 is 0. The molecule has 0 radical (unpaired) electrons. The van der Waals surface area contributed by atoms with Gasteiger partial charge in [0.25, 0.3) is 0 Å². The molecule has 6 heteroatoms. The fourth-order valence-corrected chi connectivity index (χ4v) is 2.40. The van der Waals surface area contributed by atoms with Gasteiger partial charge in [-0.1, -0.05) is 0 Å². The molecule has 20 heavy (non-hydrogen) atoms. The Morgan fingerprint density at radius 3 is 3.05 bits per heavy atom. The van der Waals surface area contributed by atoms with Crippen LogP contribution < -0.4 is 10.2 Å². The van der Waals surface area contributed by atoms with Gasteiger partial charge in [-0.15, -0.1) is 0 Å². The topological polar surface area (TPSA) is 82.5 Å². The largest absolute Gasteiger partial charge is 0.478 e. The summed E-state index contributed by atoms with van der Waals surface area (Å²) in [6, 6.07) is 3.30. The fraction of sp³-hybridized carbons (Fsp3) is 0.357. The minimum atomic E-state index is -1.01. The molecule has 0 aliphatic carbocycles. The first-order chi connectivity index (χ1) is 9.63. The van der Waals surface area contributed by atoms with Crippen molar-refractivity contribution in [2.45, 2.75) is 18.9 Å². The van der Waals surface area contributed by atoms with Crippen LogP contribution in [0, 0.1) is 0 Å². The molecule has 2 N–H and O–H groups in total. The molecule has 0 aromatic carbocycles. The number of aliphatic carboxylic acids is 1. The molecular weight excluding hydrogens is 258 g/mol. The second-order valence-electron chi connectivity index (χ2n) is 4.55. The number of amides is 1. The van der Waals surface area contributed by atoms with Crippen molar-refractivity contribution >= 4 is 23.8 Å². The molecule has 1 aliphatic rings. The van der Waals surface area contributed by atoms with Gasteiger partial charge in [0, 0.05) is 31.4 Å². The van der Waals surface area contributed by atoms with Crippen molar-refractivity contribution in [3.8, 4) is 0 Å². The van der Waals surface area contributed by atoms with Crippen LogP contribution in [0.2, 0.25) is 0 Å². The van der Waals surface area contributed by atoms with Crippen LogP contribution in [0.5, 0.6) is 0 Å². The lowest BCUT2D eigenvalue weighted by molar-refractivity contribution is -0.131. The van der Waals surface area contributed by atoms with E-state index in [2.05, 4.69) is 10.3 Å². The Morgan fingerprint density at radius 2 is 2.35 bits per heavy atom. The molecule has 2 heterocycles. The maximum absolute atomic E-state index is 11.9. The Labute approximate surface area is 117 Å². The van der Waals surface area contributed by atoms with Crippen LogP contribution in [-0.4, -0.2) is 41.6 Å². The molecule has 0 spiro atoms. The molecule has 1 unspecified atom stereocenters. The van der Waals surface area contributed by atoms with Crippen LogP contribution in [-0.2, 0) is 9.59 Å². The van der Waals surface area contributed by atoms with E-state index in [1.165, 1.54) is 6.08 Å². The van der Waals surface area contributed by atoms with Crippen molar-refractivity contribution in [1.82, 2.24) is 10.3 Å². The third kappa shape index (κ3) is 2.96. The first-order valence-corrected chi connectivity index (χ1v) is 6.47. The third-order valence-electron chi connectivity index (χ3n) is 3.30. The van der Waals surface area contributed by atoms with E-state index in [-0.39, 0.29) is 11.9 Å². The summed E-state index contributed by atoms with van der Waals surface area (Å²) in [5.41, 5.74) is 0.700. The van der Waals surface area contributed by atoms with Gasteiger partial charge < -0.3 is 15.3 Å². The lowest BCUT2D eigenvalue weighted by atomic mass is 10.1. The van der Waals surface area contributed by atoms with E-state index >= 15 is 0 Å². The first-order valence-electron chi connectivity index (χ1n) is 6.47. The molecule has 106 valence electrons. The van der Waals surface area contributed by atoms with E-state index in [1.54, 1.807) is 25.4 Å². The van der Waals surface area contributed by atoms with Crippen molar-refractivity contribution in [3.05, 3.63) is 30.0 Å². The molecule has 1 aromatic heterocycles. The highest BCUT2D eigenvalue weighted by Gasteiger charge is 2.31. The zero-order valence-corrected chi connectivity index (χ0v) is 11.2. The molecule has 1 atom stereocenters. The van der Waals surface area contributed by atoms with Crippen molar-refractivity contribution in [2.24, 2.45) is 0 Å². The van der Waals surface area contributed by atoms with E-state index in [0.29, 0.717) is 11.4 Å². The zero-order valence-electron chi connectivity index (χ0n) is 11.2. The maximum Gasteiger partial charge on any atom is 0.328 e. The molecular formula is C14H17N3O3. The quantitative estimate of drug-likeness (QED) is 0.798. The van der Waals surface area contributed by atoms with Crippen LogP contribution in [0.15, 0.2) is 24.4 Å². The van der Waals surface area contributed by atoms with Gasteiger partial charge >= 0.3 is 5.97 Å². The number of anilines is 1. The number of rotatable bonds is 4. The summed E-state index contributed by atoms with van der Waals surface area (Å²) in [4.78, 5) is 28.8. The number of carboxylic acids is 1. The van der Waals surface area contributed by atoms with Gasteiger partial charge in [-0.25, -0.2) is 9.78 Å². The molecule has 0 saturated carbocycles. The predicted octanol–water partition coefficient (Wildman–Crippen LogP) is 0.894. The monoisotopic (exact) mass is 275 g/mol. The van der Waals surface area contributed by atoms with Gasteiger partial charge in [0.2, 0.25) is 5.91 Å². The lowest BCUT2D eigenvalue weighted by Gasteiger charge is -2.25. The van der Waals surface area contributed by atoms with E-state index in [1.807, 2.05) is 4.90 Å². The van der Waals surface area contributed by atoms with Gasteiger partial charge in [0.05, 0.1) is 0 Å². The summed E-state index contributed by atoms with van der Waals surface area (Å²) in [6.07, 6.45) is 5.91. The van der Waals surface area contributed by atoms with Crippen molar-refractivity contribution < 1.29 is 14.7 Å². The molecule has 1 saturated heterocycles. The third-order valence-corrected chi connectivity index (χ3v) is 3.30. The highest BCUT2D eigenvalue weighted by Crippen LogP contribution is 2.27. The number of carboxylic acid groups (broad SMARTS) is 1. The number of nitrogens with zero attached hydrogens (tertiary/aromatic N) is 2. The van der Waals surface area contributed by atoms with Crippen molar-refractivity contribution in [1.29, 1.82) is 0 Å². The van der Waals surface area contributed by atoms with E-state index in [4.69, 9.17) is 5.11 Å². The Balaban J connectivity index is 2.32. The SMILES string of the molecule is CNC(=O)C1CCCN1c1ncccc1/C=C/C(=O)O.